The number of hydrogen-bond donors (Lipinski definition) is 1. The number of pyridine rings is 1. The molecule has 2 aromatic heterocycles. The van der Waals surface area contributed by atoms with Crippen molar-refractivity contribution >= 4 is 45.8 Å². The summed E-state index contributed by atoms with van der Waals surface area (Å²) in [5.74, 6) is -0.295. The predicted octanol–water partition coefficient (Wildman–Crippen LogP) is 4.63. The van der Waals surface area contributed by atoms with Crippen LogP contribution in [-0.2, 0) is 11.3 Å². The number of morpholine rings is 1. The third kappa shape index (κ3) is 4.62. The van der Waals surface area contributed by atoms with Crippen LogP contribution < -0.4 is 5.32 Å². The monoisotopic (exact) mass is 446 g/mol. The van der Waals surface area contributed by atoms with Crippen molar-refractivity contribution in [2.45, 2.75) is 19.9 Å². The standard InChI is InChI=1S/C22H24Cl2N4O2/c1-15-14-28(8-2-7-27-9-11-30-12-10-27)21-19(15)20(24)18(13-25-21)22(29)26-17-5-3-16(23)4-6-17/h3-6,13-14H,2,7-12H2,1H3,(H,26,29). The zero-order valence-electron chi connectivity index (χ0n) is 16.8. The number of carbonyl (C=O) groups is 1. The molecular weight excluding hydrogens is 423 g/mol. The Hall–Kier alpha value is -2.12. The van der Waals surface area contributed by atoms with E-state index in [-0.39, 0.29) is 5.91 Å². The van der Waals surface area contributed by atoms with Crippen LogP contribution in [0.4, 0.5) is 5.69 Å². The second kappa shape index (κ2) is 9.35. The van der Waals surface area contributed by atoms with E-state index in [1.165, 1.54) is 0 Å². The van der Waals surface area contributed by atoms with Crippen LogP contribution in [0.25, 0.3) is 11.0 Å². The van der Waals surface area contributed by atoms with E-state index in [0.29, 0.717) is 21.3 Å². The second-order valence-electron chi connectivity index (χ2n) is 7.46. The number of halogens is 2. The van der Waals surface area contributed by atoms with E-state index >= 15 is 0 Å². The Morgan fingerprint density at radius 2 is 1.90 bits per heavy atom. The highest BCUT2D eigenvalue weighted by atomic mass is 35.5. The summed E-state index contributed by atoms with van der Waals surface area (Å²) in [4.78, 5) is 19.7. The molecule has 1 aromatic carbocycles. The molecule has 1 aliphatic rings. The van der Waals surface area contributed by atoms with E-state index < -0.39 is 0 Å². The van der Waals surface area contributed by atoms with Gasteiger partial charge in [0.2, 0.25) is 0 Å². The maximum Gasteiger partial charge on any atom is 0.258 e. The molecule has 0 atom stereocenters. The number of benzene rings is 1. The number of aromatic nitrogens is 2. The lowest BCUT2D eigenvalue weighted by molar-refractivity contribution is 0.0369. The molecule has 1 amide bonds. The average molecular weight is 447 g/mol. The summed E-state index contributed by atoms with van der Waals surface area (Å²) in [5.41, 5.74) is 2.82. The van der Waals surface area contributed by atoms with Crippen LogP contribution in [-0.4, -0.2) is 53.2 Å². The first-order valence-corrected chi connectivity index (χ1v) is 10.8. The summed E-state index contributed by atoms with van der Waals surface area (Å²) >= 11 is 12.5. The molecule has 8 heteroatoms. The van der Waals surface area contributed by atoms with Crippen LogP contribution >= 0.6 is 23.2 Å². The third-order valence-corrected chi connectivity index (χ3v) is 5.98. The van der Waals surface area contributed by atoms with Gasteiger partial charge in [-0.15, -0.1) is 0 Å². The SMILES string of the molecule is Cc1cn(CCCN2CCOCC2)c2ncc(C(=O)Nc3ccc(Cl)cc3)c(Cl)c12. The Bertz CT molecular complexity index is 1040. The summed E-state index contributed by atoms with van der Waals surface area (Å²) in [6.07, 6.45) is 4.62. The summed E-state index contributed by atoms with van der Waals surface area (Å²) < 4.78 is 7.52. The Morgan fingerprint density at radius 3 is 2.63 bits per heavy atom. The van der Waals surface area contributed by atoms with E-state index in [0.717, 1.165) is 62.4 Å². The number of ether oxygens (including phenoxy) is 1. The highest BCUT2D eigenvalue weighted by Gasteiger charge is 2.19. The minimum Gasteiger partial charge on any atom is -0.379 e. The van der Waals surface area contributed by atoms with E-state index in [2.05, 4.69) is 26.0 Å². The van der Waals surface area contributed by atoms with Crippen molar-refractivity contribution in [1.82, 2.24) is 14.5 Å². The Balaban J connectivity index is 1.50. The lowest BCUT2D eigenvalue weighted by atomic mass is 10.1. The number of hydrogen-bond acceptors (Lipinski definition) is 4. The average Bonchev–Trinajstić information content (AvgIpc) is 3.07. The highest BCUT2D eigenvalue weighted by molar-refractivity contribution is 6.39. The molecule has 6 nitrogen and oxygen atoms in total. The van der Waals surface area contributed by atoms with Crippen molar-refractivity contribution in [1.29, 1.82) is 0 Å². The van der Waals surface area contributed by atoms with Gasteiger partial charge in [0.25, 0.3) is 5.91 Å². The number of aryl methyl sites for hydroxylation is 2. The fourth-order valence-corrected chi connectivity index (χ4v) is 4.25. The fraction of sp³-hybridized carbons (Fsp3) is 0.364. The van der Waals surface area contributed by atoms with Crippen molar-refractivity contribution in [3.8, 4) is 0 Å². The summed E-state index contributed by atoms with van der Waals surface area (Å²) in [6, 6.07) is 6.94. The topological polar surface area (TPSA) is 59.4 Å². The highest BCUT2D eigenvalue weighted by Crippen LogP contribution is 2.30. The van der Waals surface area contributed by atoms with Crippen molar-refractivity contribution in [2.24, 2.45) is 0 Å². The second-order valence-corrected chi connectivity index (χ2v) is 8.27. The van der Waals surface area contributed by atoms with Crippen LogP contribution in [0.3, 0.4) is 0 Å². The number of amides is 1. The molecule has 0 unspecified atom stereocenters. The van der Waals surface area contributed by atoms with Crippen molar-refractivity contribution in [3.05, 3.63) is 57.8 Å². The van der Waals surface area contributed by atoms with Crippen molar-refractivity contribution < 1.29 is 9.53 Å². The molecule has 0 radical (unpaired) electrons. The quantitative estimate of drug-likeness (QED) is 0.599. The number of anilines is 1. The van der Waals surface area contributed by atoms with Gasteiger partial charge >= 0.3 is 0 Å². The van der Waals surface area contributed by atoms with Gasteiger partial charge in [0.15, 0.2) is 0 Å². The number of nitrogens with zero attached hydrogens (tertiary/aromatic N) is 3. The molecule has 1 aliphatic heterocycles. The number of rotatable bonds is 6. The van der Waals surface area contributed by atoms with Gasteiger partial charge in [0.1, 0.15) is 5.65 Å². The largest absolute Gasteiger partial charge is 0.379 e. The smallest absolute Gasteiger partial charge is 0.258 e. The Labute approximate surface area is 185 Å². The number of carbonyl (C=O) groups excluding carboxylic acids is 1. The first-order valence-electron chi connectivity index (χ1n) is 10.0. The van der Waals surface area contributed by atoms with Gasteiger partial charge in [-0.2, -0.15) is 0 Å². The molecular formula is C22H24Cl2N4O2. The Morgan fingerprint density at radius 1 is 1.17 bits per heavy atom. The maximum absolute atomic E-state index is 12.7. The number of nitrogens with one attached hydrogen (secondary N) is 1. The molecule has 0 aliphatic carbocycles. The summed E-state index contributed by atoms with van der Waals surface area (Å²) in [6.45, 7) is 7.46. The fourth-order valence-electron chi connectivity index (χ4n) is 3.76. The van der Waals surface area contributed by atoms with E-state index in [1.807, 2.05) is 6.92 Å². The van der Waals surface area contributed by atoms with Crippen LogP contribution in [0.15, 0.2) is 36.7 Å². The molecule has 4 rings (SSSR count). The van der Waals surface area contributed by atoms with Crippen LogP contribution in [0, 0.1) is 6.92 Å². The zero-order chi connectivity index (χ0) is 21.1. The van der Waals surface area contributed by atoms with Crippen LogP contribution in [0.2, 0.25) is 10.0 Å². The lowest BCUT2D eigenvalue weighted by Crippen LogP contribution is -2.37. The van der Waals surface area contributed by atoms with Crippen molar-refractivity contribution in [2.75, 3.05) is 38.2 Å². The van der Waals surface area contributed by atoms with Gasteiger partial charge in [-0.3, -0.25) is 9.69 Å². The molecule has 0 bridgehead atoms. The van der Waals surface area contributed by atoms with E-state index in [1.54, 1.807) is 30.5 Å². The molecule has 1 saturated heterocycles. The normalized spacial score (nSPS) is 14.9. The van der Waals surface area contributed by atoms with E-state index in [4.69, 9.17) is 27.9 Å². The molecule has 1 N–H and O–H groups in total. The molecule has 0 saturated carbocycles. The van der Waals surface area contributed by atoms with Gasteiger partial charge in [0.05, 0.1) is 23.8 Å². The molecule has 0 spiro atoms. The Kier molecular flexibility index (Phi) is 6.58. The molecule has 30 heavy (non-hydrogen) atoms. The molecule has 158 valence electrons. The van der Waals surface area contributed by atoms with Gasteiger partial charge in [-0.1, -0.05) is 23.2 Å². The minimum absolute atomic E-state index is 0.295. The zero-order valence-corrected chi connectivity index (χ0v) is 18.3. The predicted molar refractivity (Wildman–Crippen MR) is 121 cm³/mol. The van der Waals surface area contributed by atoms with Gasteiger partial charge in [-0.05, 0) is 43.2 Å². The van der Waals surface area contributed by atoms with Crippen molar-refractivity contribution in [3.63, 3.8) is 0 Å². The van der Waals surface area contributed by atoms with Crippen LogP contribution in [0.5, 0.6) is 0 Å². The van der Waals surface area contributed by atoms with Gasteiger partial charge in [0, 0.05) is 54.7 Å². The first-order chi connectivity index (χ1) is 14.5. The van der Waals surface area contributed by atoms with Gasteiger partial charge in [-0.25, -0.2) is 4.98 Å². The van der Waals surface area contributed by atoms with Gasteiger partial charge < -0.3 is 14.6 Å². The first kappa shape index (κ1) is 21.1. The molecule has 3 heterocycles. The number of fused-ring (bicyclic) bond motifs is 1. The van der Waals surface area contributed by atoms with Crippen LogP contribution in [0.1, 0.15) is 22.3 Å². The summed E-state index contributed by atoms with van der Waals surface area (Å²) in [5, 5.41) is 4.71. The third-order valence-electron chi connectivity index (χ3n) is 5.34. The molecule has 3 aromatic rings. The lowest BCUT2D eigenvalue weighted by Gasteiger charge is -2.26. The minimum atomic E-state index is -0.295. The van der Waals surface area contributed by atoms with E-state index in [9.17, 15) is 4.79 Å². The summed E-state index contributed by atoms with van der Waals surface area (Å²) in [7, 11) is 0. The molecule has 1 fully saturated rings. The maximum atomic E-state index is 12.7.